The molecule has 1 unspecified atom stereocenters. The van der Waals surface area contributed by atoms with E-state index in [1.54, 1.807) is 0 Å². The standard InChI is InChI=1S/C16H18BrN3/c17-15-8-14(9-18)16(19-10-15)20-7-6-13(11-20)12-4-2-1-3-5-12/h1-5,8,10,13H,6-7,9,11,18H2. The zero-order valence-corrected chi connectivity index (χ0v) is 12.9. The van der Waals surface area contributed by atoms with Gasteiger partial charge in [-0.05, 0) is 34.0 Å². The first-order valence-electron chi connectivity index (χ1n) is 6.92. The van der Waals surface area contributed by atoms with Gasteiger partial charge in [0.2, 0.25) is 0 Å². The number of hydrogen-bond acceptors (Lipinski definition) is 3. The van der Waals surface area contributed by atoms with Gasteiger partial charge in [-0.25, -0.2) is 4.98 Å². The number of anilines is 1. The fraction of sp³-hybridized carbons (Fsp3) is 0.312. The highest BCUT2D eigenvalue weighted by atomic mass is 79.9. The van der Waals surface area contributed by atoms with Crippen LogP contribution in [0.5, 0.6) is 0 Å². The Hall–Kier alpha value is -1.39. The van der Waals surface area contributed by atoms with Gasteiger partial charge in [0.15, 0.2) is 0 Å². The molecule has 1 aromatic heterocycles. The van der Waals surface area contributed by atoms with Gasteiger partial charge < -0.3 is 10.6 Å². The molecule has 0 saturated carbocycles. The van der Waals surface area contributed by atoms with E-state index in [9.17, 15) is 0 Å². The molecule has 0 amide bonds. The molecule has 3 nitrogen and oxygen atoms in total. The third kappa shape index (κ3) is 2.72. The van der Waals surface area contributed by atoms with Crippen molar-refractivity contribution in [1.29, 1.82) is 0 Å². The molecule has 0 spiro atoms. The number of aromatic nitrogens is 1. The average molecular weight is 332 g/mol. The summed E-state index contributed by atoms with van der Waals surface area (Å²) >= 11 is 3.46. The molecule has 2 aromatic rings. The summed E-state index contributed by atoms with van der Waals surface area (Å²) in [5.74, 6) is 1.63. The van der Waals surface area contributed by atoms with E-state index in [0.717, 1.165) is 28.9 Å². The van der Waals surface area contributed by atoms with Crippen molar-refractivity contribution >= 4 is 21.7 Å². The molecule has 1 saturated heterocycles. The van der Waals surface area contributed by atoms with Gasteiger partial charge in [-0.2, -0.15) is 0 Å². The second-order valence-corrected chi connectivity index (χ2v) is 6.10. The molecule has 3 rings (SSSR count). The van der Waals surface area contributed by atoms with Gasteiger partial charge >= 0.3 is 0 Å². The quantitative estimate of drug-likeness (QED) is 0.938. The van der Waals surface area contributed by atoms with Crippen LogP contribution < -0.4 is 10.6 Å². The Bertz CT molecular complexity index is 586. The lowest BCUT2D eigenvalue weighted by molar-refractivity contribution is 0.773. The van der Waals surface area contributed by atoms with Crippen LogP contribution >= 0.6 is 15.9 Å². The van der Waals surface area contributed by atoms with Crippen LogP contribution in [0.25, 0.3) is 0 Å². The van der Waals surface area contributed by atoms with Gasteiger partial charge in [-0.15, -0.1) is 0 Å². The van der Waals surface area contributed by atoms with Crippen LogP contribution in [0.1, 0.15) is 23.5 Å². The molecule has 0 bridgehead atoms. The first-order valence-corrected chi connectivity index (χ1v) is 7.71. The minimum absolute atomic E-state index is 0.522. The maximum atomic E-state index is 5.85. The Morgan fingerprint density at radius 2 is 2.10 bits per heavy atom. The molecule has 1 fully saturated rings. The molecule has 0 radical (unpaired) electrons. The summed E-state index contributed by atoms with van der Waals surface area (Å²) in [6.45, 7) is 2.58. The zero-order valence-electron chi connectivity index (χ0n) is 11.3. The lowest BCUT2D eigenvalue weighted by Crippen LogP contribution is -2.22. The Morgan fingerprint density at radius 1 is 1.30 bits per heavy atom. The molecule has 2 heterocycles. The number of benzene rings is 1. The van der Waals surface area contributed by atoms with Gasteiger partial charge in [0, 0.05) is 41.8 Å². The number of rotatable bonds is 3. The van der Waals surface area contributed by atoms with Crippen LogP contribution in [0.4, 0.5) is 5.82 Å². The predicted molar refractivity (Wildman–Crippen MR) is 85.8 cm³/mol. The maximum Gasteiger partial charge on any atom is 0.133 e. The monoisotopic (exact) mass is 331 g/mol. The second-order valence-electron chi connectivity index (χ2n) is 5.18. The summed E-state index contributed by atoms with van der Waals surface area (Å²) in [6, 6.07) is 12.8. The molecule has 1 atom stereocenters. The largest absolute Gasteiger partial charge is 0.356 e. The van der Waals surface area contributed by atoms with Gasteiger partial charge in [0.25, 0.3) is 0 Å². The topological polar surface area (TPSA) is 42.1 Å². The highest BCUT2D eigenvalue weighted by Gasteiger charge is 2.25. The van der Waals surface area contributed by atoms with Gasteiger partial charge in [0.05, 0.1) is 0 Å². The maximum absolute atomic E-state index is 5.85. The highest BCUT2D eigenvalue weighted by molar-refractivity contribution is 9.10. The van der Waals surface area contributed by atoms with Crippen molar-refractivity contribution in [2.45, 2.75) is 18.9 Å². The first-order chi connectivity index (χ1) is 9.78. The molecule has 104 valence electrons. The van der Waals surface area contributed by atoms with Crippen molar-refractivity contribution in [3.05, 3.63) is 58.2 Å². The lowest BCUT2D eigenvalue weighted by atomic mass is 9.99. The average Bonchev–Trinajstić information content (AvgIpc) is 2.97. The molecule has 2 N–H and O–H groups in total. The van der Waals surface area contributed by atoms with E-state index in [1.165, 1.54) is 12.0 Å². The Morgan fingerprint density at radius 3 is 2.85 bits per heavy atom. The predicted octanol–water partition coefficient (Wildman–Crippen LogP) is 3.30. The van der Waals surface area contributed by atoms with E-state index in [0.29, 0.717) is 12.5 Å². The fourth-order valence-electron chi connectivity index (χ4n) is 2.86. The van der Waals surface area contributed by atoms with Crippen LogP contribution in [0, 0.1) is 0 Å². The number of hydrogen-bond donors (Lipinski definition) is 1. The van der Waals surface area contributed by atoms with Crippen LogP contribution in [0.3, 0.4) is 0 Å². The number of nitrogens with two attached hydrogens (primary N) is 1. The van der Waals surface area contributed by atoms with Crippen LogP contribution in [0.15, 0.2) is 47.1 Å². The second kappa shape index (κ2) is 5.94. The van der Waals surface area contributed by atoms with Crippen LogP contribution in [-0.2, 0) is 6.54 Å². The summed E-state index contributed by atoms with van der Waals surface area (Å²) in [7, 11) is 0. The van der Waals surface area contributed by atoms with E-state index in [4.69, 9.17) is 5.73 Å². The van der Waals surface area contributed by atoms with Crippen LogP contribution in [-0.4, -0.2) is 18.1 Å². The number of nitrogens with zero attached hydrogens (tertiary/aromatic N) is 2. The van der Waals surface area contributed by atoms with E-state index in [-0.39, 0.29) is 0 Å². The van der Waals surface area contributed by atoms with Crippen LogP contribution in [0.2, 0.25) is 0 Å². The Balaban J connectivity index is 1.81. The molecule has 1 aliphatic heterocycles. The van der Waals surface area contributed by atoms with Crippen molar-refractivity contribution < 1.29 is 0 Å². The lowest BCUT2D eigenvalue weighted by Gasteiger charge is -2.20. The summed E-state index contributed by atoms with van der Waals surface area (Å²) in [5.41, 5.74) is 8.37. The third-order valence-electron chi connectivity index (χ3n) is 3.89. The summed E-state index contributed by atoms with van der Waals surface area (Å²) < 4.78 is 0.987. The molecule has 20 heavy (non-hydrogen) atoms. The fourth-order valence-corrected chi connectivity index (χ4v) is 3.24. The molecular weight excluding hydrogens is 314 g/mol. The number of halogens is 1. The molecule has 0 aliphatic carbocycles. The normalized spacial score (nSPS) is 18.5. The van der Waals surface area contributed by atoms with E-state index in [2.05, 4.69) is 62.2 Å². The molecular formula is C16H18BrN3. The smallest absolute Gasteiger partial charge is 0.133 e. The van der Waals surface area contributed by atoms with Crippen molar-refractivity contribution in [2.24, 2.45) is 5.73 Å². The first kappa shape index (κ1) is 13.6. The van der Waals surface area contributed by atoms with Crippen molar-refractivity contribution in [1.82, 2.24) is 4.98 Å². The molecule has 1 aromatic carbocycles. The van der Waals surface area contributed by atoms with Gasteiger partial charge in [-0.3, -0.25) is 0 Å². The number of pyridine rings is 1. The molecule has 1 aliphatic rings. The van der Waals surface area contributed by atoms with E-state index in [1.807, 2.05) is 6.20 Å². The molecule has 4 heteroatoms. The minimum Gasteiger partial charge on any atom is -0.356 e. The van der Waals surface area contributed by atoms with Crippen molar-refractivity contribution in [2.75, 3.05) is 18.0 Å². The highest BCUT2D eigenvalue weighted by Crippen LogP contribution is 2.31. The Labute approximate surface area is 127 Å². The van der Waals surface area contributed by atoms with E-state index >= 15 is 0 Å². The summed E-state index contributed by atoms with van der Waals surface area (Å²) in [4.78, 5) is 6.91. The zero-order chi connectivity index (χ0) is 13.9. The van der Waals surface area contributed by atoms with E-state index < -0.39 is 0 Å². The van der Waals surface area contributed by atoms with Gasteiger partial charge in [-0.1, -0.05) is 30.3 Å². The van der Waals surface area contributed by atoms with Gasteiger partial charge in [0.1, 0.15) is 5.82 Å². The minimum atomic E-state index is 0.522. The third-order valence-corrected chi connectivity index (χ3v) is 4.32. The SMILES string of the molecule is NCc1cc(Br)cnc1N1CCC(c2ccccc2)C1. The Kier molecular flexibility index (Phi) is 4.03. The summed E-state index contributed by atoms with van der Waals surface area (Å²) in [5, 5.41) is 0. The van der Waals surface area contributed by atoms with Crippen molar-refractivity contribution in [3.63, 3.8) is 0 Å². The van der Waals surface area contributed by atoms with Crippen molar-refractivity contribution in [3.8, 4) is 0 Å². The summed E-state index contributed by atoms with van der Waals surface area (Å²) in [6.07, 6.45) is 3.02.